The lowest BCUT2D eigenvalue weighted by Gasteiger charge is -2.07. The second kappa shape index (κ2) is 3.68. The molecular weight excluding hydrogens is 236 g/mol. The lowest BCUT2D eigenvalue weighted by Crippen LogP contribution is -1.99. The van der Waals surface area contributed by atoms with Gasteiger partial charge in [-0.25, -0.2) is 4.98 Å². The Balaban J connectivity index is 2.05. The number of rotatable bonds is 1. The van der Waals surface area contributed by atoms with E-state index in [2.05, 4.69) is 44.6 Å². The van der Waals surface area contributed by atoms with E-state index in [-0.39, 0.29) is 0 Å². The first-order valence-corrected chi connectivity index (χ1v) is 6.18. The summed E-state index contributed by atoms with van der Waals surface area (Å²) < 4.78 is 2.13. The van der Waals surface area contributed by atoms with Gasteiger partial charge in [-0.2, -0.15) is 0 Å². The van der Waals surface area contributed by atoms with E-state index >= 15 is 0 Å². The highest BCUT2D eigenvalue weighted by molar-refractivity contribution is 5.84. The first-order chi connectivity index (χ1) is 9.33. The maximum Gasteiger partial charge on any atom is 0.138 e. The van der Waals surface area contributed by atoms with Gasteiger partial charge in [-0.15, -0.1) is 0 Å². The SMILES string of the molecule is Cc1cc2ccncc2n1-c1cc2cc[nH]c2cn1. The first-order valence-electron chi connectivity index (χ1n) is 6.18. The number of aryl methyl sites for hydroxylation is 1. The molecule has 4 aromatic rings. The number of aromatic amines is 1. The molecule has 0 radical (unpaired) electrons. The van der Waals surface area contributed by atoms with Crippen LogP contribution in [0.1, 0.15) is 5.69 Å². The van der Waals surface area contributed by atoms with Crippen LogP contribution in [0.5, 0.6) is 0 Å². The van der Waals surface area contributed by atoms with E-state index in [1.165, 1.54) is 5.39 Å². The Bertz CT molecular complexity index is 885. The van der Waals surface area contributed by atoms with Crippen LogP contribution in [0.15, 0.2) is 49.1 Å². The van der Waals surface area contributed by atoms with Gasteiger partial charge in [-0.3, -0.25) is 9.55 Å². The van der Waals surface area contributed by atoms with Gasteiger partial charge in [-0.05, 0) is 31.2 Å². The number of nitrogens with zero attached hydrogens (tertiary/aromatic N) is 3. The van der Waals surface area contributed by atoms with Crippen molar-refractivity contribution in [1.82, 2.24) is 19.5 Å². The van der Waals surface area contributed by atoms with Crippen LogP contribution >= 0.6 is 0 Å². The van der Waals surface area contributed by atoms with Crippen molar-refractivity contribution in [2.45, 2.75) is 6.92 Å². The minimum Gasteiger partial charge on any atom is -0.360 e. The molecule has 0 saturated carbocycles. The number of hydrogen-bond acceptors (Lipinski definition) is 2. The molecule has 19 heavy (non-hydrogen) atoms. The maximum atomic E-state index is 4.54. The van der Waals surface area contributed by atoms with Crippen molar-refractivity contribution in [3.8, 4) is 5.82 Å². The fourth-order valence-corrected chi connectivity index (χ4v) is 2.55. The summed E-state index contributed by atoms with van der Waals surface area (Å²) in [6.07, 6.45) is 7.49. The molecule has 0 saturated heterocycles. The van der Waals surface area contributed by atoms with Crippen molar-refractivity contribution >= 4 is 21.8 Å². The summed E-state index contributed by atoms with van der Waals surface area (Å²) in [7, 11) is 0. The predicted molar refractivity (Wildman–Crippen MR) is 75.5 cm³/mol. The number of aromatic nitrogens is 4. The molecule has 4 nitrogen and oxygen atoms in total. The molecule has 0 aliphatic heterocycles. The van der Waals surface area contributed by atoms with Gasteiger partial charge in [0.15, 0.2) is 0 Å². The quantitative estimate of drug-likeness (QED) is 0.562. The van der Waals surface area contributed by atoms with Gasteiger partial charge in [0.2, 0.25) is 0 Å². The van der Waals surface area contributed by atoms with Crippen LogP contribution in [-0.2, 0) is 0 Å². The van der Waals surface area contributed by atoms with Crippen molar-refractivity contribution in [2.24, 2.45) is 0 Å². The van der Waals surface area contributed by atoms with E-state index in [4.69, 9.17) is 0 Å². The Labute approximate surface area is 109 Å². The predicted octanol–water partition coefficient (Wildman–Crippen LogP) is 3.21. The van der Waals surface area contributed by atoms with Crippen molar-refractivity contribution < 1.29 is 0 Å². The van der Waals surface area contributed by atoms with Gasteiger partial charge < -0.3 is 4.98 Å². The van der Waals surface area contributed by atoms with Crippen LogP contribution < -0.4 is 0 Å². The van der Waals surface area contributed by atoms with Gasteiger partial charge in [0.05, 0.1) is 23.4 Å². The zero-order chi connectivity index (χ0) is 12.8. The monoisotopic (exact) mass is 248 g/mol. The molecule has 0 aromatic carbocycles. The van der Waals surface area contributed by atoms with E-state index in [1.807, 2.05) is 30.9 Å². The highest BCUT2D eigenvalue weighted by atomic mass is 15.1. The number of pyridine rings is 2. The lowest BCUT2D eigenvalue weighted by molar-refractivity contribution is 0.995. The molecule has 0 bridgehead atoms. The topological polar surface area (TPSA) is 46.5 Å². The van der Waals surface area contributed by atoms with Crippen LogP contribution in [0.3, 0.4) is 0 Å². The van der Waals surface area contributed by atoms with Crippen molar-refractivity contribution in [3.63, 3.8) is 0 Å². The fraction of sp³-hybridized carbons (Fsp3) is 0.0667. The lowest BCUT2D eigenvalue weighted by atomic mass is 10.3. The van der Waals surface area contributed by atoms with E-state index in [9.17, 15) is 0 Å². The van der Waals surface area contributed by atoms with Gasteiger partial charge >= 0.3 is 0 Å². The summed E-state index contributed by atoms with van der Waals surface area (Å²) in [6.45, 7) is 2.09. The number of nitrogens with one attached hydrogen (secondary N) is 1. The van der Waals surface area contributed by atoms with Crippen LogP contribution in [0.25, 0.3) is 27.6 Å². The maximum absolute atomic E-state index is 4.54. The largest absolute Gasteiger partial charge is 0.360 e. The van der Waals surface area contributed by atoms with E-state index in [0.29, 0.717) is 0 Å². The fourth-order valence-electron chi connectivity index (χ4n) is 2.55. The zero-order valence-corrected chi connectivity index (χ0v) is 10.5. The van der Waals surface area contributed by atoms with Crippen LogP contribution in [0.4, 0.5) is 0 Å². The molecular formula is C15H12N4. The molecule has 0 fully saturated rings. The van der Waals surface area contributed by atoms with Crippen LogP contribution in [0.2, 0.25) is 0 Å². The summed E-state index contributed by atoms with van der Waals surface area (Å²) in [4.78, 5) is 11.9. The molecule has 4 heterocycles. The molecule has 4 aromatic heterocycles. The molecule has 0 atom stereocenters. The third-order valence-electron chi connectivity index (χ3n) is 3.44. The third kappa shape index (κ3) is 1.46. The summed E-state index contributed by atoms with van der Waals surface area (Å²) in [5.74, 6) is 0.924. The standard InChI is InChI=1S/C15H12N4/c1-10-6-12-2-4-16-9-14(12)19(10)15-7-11-3-5-17-13(11)8-18-15/h2-9,17H,1H3. The molecule has 0 aliphatic carbocycles. The summed E-state index contributed by atoms with van der Waals surface area (Å²) in [5.41, 5.74) is 3.30. The van der Waals surface area contributed by atoms with Crippen molar-refractivity contribution in [2.75, 3.05) is 0 Å². The Hall–Kier alpha value is -2.62. The molecule has 0 unspecified atom stereocenters. The van der Waals surface area contributed by atoms with E-state index in [0.717, 1.165) is 27.9 Å². The summed E-state index contributed by atoms with van der Waals surface area (Å²) in [6, 6.07) is 8.32. The van der Waals surface area contributed by atoms with Gasteiger partial charge in [0.1, 0.15) is 5.82 Å². The smallest absolute Gasteiger partial charge is 0.138 e. The Morgan fingerprint density at radius 2 is 2.05 bits per heavy atom. The van der Waals surface area contributed by atoms with E-state index < -0.39 is 0 Å². The molecule has 92 valence electrons. The molecule has 4 heteroatoms. The second-order valence-electron chi connectivity index (χ2n) is 4.66. The van der Waals surface area contributed by atoms with Gasteiger partial charge in [0.25, 0.3) is 0 Å². The minimum absolute atomic E-state index is 0.924. The van der Waals surface area contributed by atoms with Crippen molar-refractivity contribution in [1.29, 1.82) is 0 Å². The first kappa shape index (κ1) is 10.3. The number of hydrogen-bond donors (Lipinski definition) is 1. The zero-order valence-electron chi connectivity index (χ0n) is 10.5. The third-order valence-corrected chi connectivity index (χ3v) is 3.44. The second-order valence-corrected chi connectivity index (χ2v) is 4.66. The minimum atomic E-state index is 0.924. The Morgan fingerprint density at radius 1 is 1.11 bits per heavy atom. The van der Waals surface area contributed by atoms with Crippen LogP contribution in [0, 0.1) is 6.92 Å². The normalized spacial score (nSPS) is 11.4. The molecule has 0 aliphatic rings. The average molecular weight is 248 g/mol. The van der Waals surface area contributed by atoms with E-state index in [1.54, 1.807) is 0 Å². The molecule has 4 rings (SSSR count). The number of H-pyrrole nitrogens is 1. The number of fused-ring (bicyclic) bond motifs is 2. The van der Waals surface area contributed by atoms with Crippen LogP contribution in [-0.4, -0.2) is 19.5 Å². The average Bonchev–Trinajstić information content (AvgIpc) is 3.00. The highest BCUT2D eigenvalue weighted by Crippen LogP contribution is 2.23. The Kier molecular flexibility index (Phi) is 2.00. The summed E-state index contributed by atoms with van der Waals surface area (Å²) in [5, 5.41) is 2.35. The van der Waals surface area contributed by atoms with Crippen molar-refractivity contribution in [3.05, 3.63) is 54.7 Å². The van der Waals surface area contributed by atoms with Gasteiger partial charge in [0, 0.05) is 28.9 Å². The highest BCUT2D eigenvalue weighted by Gasteiger charge is 2.09. The summed E-state index contributed by atoms with van der Waals surface area (Å²) >= 11 is 0. The molecule has 1 N–H and O–H groups in total. The molecule has 0 amide bonds. The molecule has 0 spiro atoms. The Morgan fingerprint density at radius 3 is 3.00 bits per heavy atom. The van der Waals surface area contributed by atoms with Gasteiger partial charge in [-0.1, -0.05) is 0 Å².